The van der Waals surface area contributed by atoms with Crippen LogP contribution in [0.5, 0.6) is 5.75 Å². The minimum absolute atomic E-state index is 0.0155. The Morgan fingerprint density at radius 1 is 1.04 bits per heavy atom. The summed E-state index contributed by atoms with van der Waals surface area (Å²) in [6, 6.07) is 4.78. The summed E-state index contributed by atoms with van der Waals surface area (Å²) in [5.41, 5.74) is -1.45. The number of carbonyl (C=O) groups excluding carboxylic acids is 3. The zero-order valence-electron chi connectivity index (χ0n) is 27.8. The number of rotatable bonds is 13. The van der Waals surface area contributed by atoms with Crippen LogP contribution in [0.2, 0.25) is 0 Å². The summed E-state index contributed by atoms with van der Waals surface area (Å²) in [5, 5.41) is 18.2. The summed E-state index contributed by atoms with van der Waals surface area (Å²) < 4.78 is 60.3. The van der Waals surface area contributed by atoms with Crippen LogP contribution in [-0.4, -0.2) is 100 Å². The van der Waals surface area contributed by atoms with Gasteiger partial charge >= 0.3 is 0 Å². The summed E-state index contributed by atoms with van der Waals surface area (Å²) in [7, 11) is -2.51. The van der Waals surface area contributed by atoms with Crippen LogP contribution in [0.4, 0.5) is 8.78 Å². The molecule has 1 saturated heterocycles. The molecule has 3 N–H and O–H groups in total. The van der Waals surface area contributed by atoms with Crippen molar-refractivity contribution in [3.05, 3.63) is 24.3 Å². The number of alkyl halides is 2. The van der Waals surface area contributed by atoms with Crippen LogP contribution < -0.4 is 20.1 Å². The first-order chi connectivity index (χ1) is 23.3. The lowest BCUT2D eigenvalue weighted by atomic mass is 9.93. The van der Waals surface area contributed by atoms with Crippen LogP contribution in [0, 0.1) is 11.8 Å². The van der Waals surface area contributed by atoms with Crippen LogP contribution in [-0.2, 0) is 24.4 Å². The maximum atomic E-state index is 14.3. The molecule has 1 unspecified atom stereocenters. The van der Waals surface area contributed by atoms with E-state index in [0.29, 0.717) is 30.0 Å². The lowest BCUT2D eigenvalue weighted by Crippen LogP contribution is -2.59. The predicted molar refractivity (Wildman–Crippen MR) is 173 cm³/mol. The maximum absolute atomic E-state index is 14.3. The third-order valence-electron chi connectivity index (χ3n) is 10.2. The number of amides is 3. The van der Waals surface area contributed by atoms with Crippen molar-refractivity contribution in [1.29, 1.82) is 0 Å². The zero-order valence-corrected chi connectivity index (χ0v) is 28.7. The van der Waals surface area contributed by atoms with Gasteiger partial charge in [0, 0.05) is 24.6 Å². The molecule has 6 rings (SSSR count). The molecule has 3 amide bonds. The Bertz CT molecular complexity index is 1650. The fourth-order valence-electron chi connectivity index (χ4n) is 7.00. The molecule has 2 aromatic rings. The largest absolute Gasteiger partial charge is 0.497 e. The van der Waals surface area contributed by atoms with E-state index in [-0.39, 0.29) is 30.8 Å². The zero-order chi connectivity index (χ0) is 35.1. The van der Waals surface area contributed by atoms with E-state index in [9.17, 15) is 31.6 Å². The molecule has 17 heteroatoms. The van der Waals surface area contributed by atoms with Gasteiger partial charge in [-0.15, -0.1) is 10.2 Å². The number of nitrogens with zero attached hydrogens (tertiary/aromatic N) is 5. The summed E-state index contributed by atoms with van der Waals surface area (Å²) in [6.07, 6.45) is 2.42. The quantitative estimate of drug-likeness (QED) is 0.280. The van der Waals surface area contributed by atoms with E-state index >= 15 is 0 Å². The minimum atomic E-state index is -4.06. The monoisotopic (exact) mass is 706 g/mol. The Morgan fingerprint density at radius 3 is 2.33 bits per heavy atom. The van der Waals surface area contributed by atoms with Crippen molar-refractivity contribution >= 4 is 27.7 Å². The normalized spacial score (nSPS) is 26.5. The molecule has 14 nitrogen and oxygen atoms in total. The lowest BCUT2D eigenvalue weighted by Gasteiger charge is -2.34. The molecule has 5 atom stereocenters. The highest BCUT2D eigenvalue weighted by atomic mass is 32.2. The number of halogens is 2. The van der Waals surface area contributed by atoms with Crippen LogP contribution in [0.15, 0.2) is 24.3 Å². The Balaban J connectivity index is 1.26. The van der Waals surface area contributed by atoms with Crippen molar-refractivity contribution in [2.45, 2.75) is 113 Å². The van der Waals surface area contributed by atoms with Gasteiger partial charge in [-0.25, -0.2) is 17.2 Å². The third kappa shape index (κ3) is 7.42. The molecular weight excluding hydrogens is 662 g/mol. The van der Waals surface area contributed by atoms with Crippen LogP contribution in [0.1, 0.15) is 77.7 Å². The molecule has 2 heterocycles. The summed E-state index contributed by atoms with van der Waals surface area (Å²) >= 11 is 0. The van der Waals surface area contributed by atoms with Gasteiger partial charge in [0.2, 0.25) is 34.1 Å². The summed E-state index contributed by atoms with van der Waals surface area (Å²) in [5.74, 6) is -3.10. The highest BCUT2D eigenvalue weighted by molar-refractivity contribution is 7.91. The summed E-state index contributed by atoms with van der Waals surface area (Å²) in [4.78, 5) is 44.4. The highest BCUT2D eigenvalue weighted by Gasteiger charge is 2.66. The van der Waals surface area contributed by atoms with E-state index in [1.165, 1.54) is 9.70 Å². The van der Waals surface area contributed by atoms with E-state index in [2.05, 4.69) is 26.0 Å². The number of hydrogen-bond acceptors (Lipinski definition) is 10. The van der Waals surface area contributed by atoms with Crippen LogP contribution in [0.3, 0.4) is 0 Å². The minimum Gasteiger partial charge on any atom is -0.497 e. The predicted octanol–water partition coefficient (Wildman–Crippen LogP) is 2.19. The number of nitrogens with one attached hydrogen (secondary N) is 3. The smallest absolute Gasteiger partial charge is 0.259 e. The first-order valence-electron chi connectivity index (χ1n) is 17.0. The fourth-order valence-corrected chi connectivity index (χ4v) is 8.36. The number of methoxy groups -OCH3 is 1. The van der Waals surface area contributed by atoms with Gasteiger partial charge in [0.25, 0.3) is 5.91 Å². The van der Waals surface area contributed by atoms with E-state index in [1.54, 1.807) is 31.4 Å². The number of likely N-dealkylation sites (tertiary alicyclic amines) is 1. The molecule has 1 aromatic carbocycles. The topological polar surface area (TPSA) is 178 Å². The SMILES string of the molecule is COc1ccc(-c2nnn([C@@H]3CC(C(=O)N[C@]4(C(=O)NS(=O)(=O)C5CC5)C[C@H]4C(F)F)N(C(=O)[C@@H](NC4CCCCC4)C(C)C)C3)n2)cc1. The lowest BCUT2D eigenvalue weighted by molar-refractivity contribution is -0.142. The van der Waals surface area contributed by atoms with E-state index in [4.69, 9.17) is 4.74 Å². The van der Waals surface area contributed by atoms with Crippen LogP contribution >= 0.6 is 0 Å². The van der Waals surface area contributed by atoms with Crippen molar-refractivity contribution in [1.82, 2.24) is 40.5 Å². The van der Waals surface area contributed by atoms with Gasteiger partial charge in [-0.1, -0.05) is 33.1 Å². The molecule has 3 aliphatic carbocycles. The van der Waals surface area contributed by atoms with Gasteiger partial charge in [-0.05, 0) is 67.5 Å². The van der Waals surface area contributed by atoms with E-state index in [0.717, 1.165) is 32.1 Å². The first kappa shape index (κ1) is 35.1. The number of hydrogen-bond donors (Lipinski definition) is 3. The Morgan fingerprint density at radius 2 is 1.73 bits per heavy atom. The Kier molecular flexibility index (Phi) is 9.95. The number of sulfonamides is 1. The summed E-state index contributed by atoms with van der Waals surface area (Å²) in [6.45, 7) is 3.86. The van der Waals surface area contributed by atoms with Crippen LogP contribution in [0.25, 0.3) is 11.4 Å². The van der Waals surface area contributed by atoms with E-state index < -0.39 is 69.5 Å². The number of ether oxygens (including phenoxy) is 1. The van der Waals surface area contributed by atoms with Crippen molar-refractivity contribution < 1.29 is 36.3 Å². The van der Waals surface area contributed by atoms with Crippen molar-refractivity contribution in [3.63, 3.8) is 0 Å². The first-order valence-corrected chi connectivity index (χ1v) is 18.5. The van der Waals surface area contributed by atoms with Gasteiger partial charge in [0.1, 0.15) is 17.3 Å². The van der Waals surface area contributed by atoms with E-state index in [1.807, 2.05) is 18.6 Å². The number of aromatic nitrogens is 4. The molecule has 1 aliphatic heterocycles. The molecule has 3 saturated carbocycles. The molecule has 4 fully saturated rings. The van der Waals surface area contributed by atoms with Gasteiger partial charge in [-0.3, -0.25) is 19.1 Å². The van der Waals surface area contributed by atoms with Gasteiger partial charge < -0.3 is 20.3 Å². The number of tetrazole rings is 1. The Labute approximate surface area is 284 Å². The molecular formula is C32H44F2N8O6S. The second-order valence-corrected chi connectivity index (χ2v) is 16.0. The molecule has 0 spiro atoms. The molecule has 1 aromatic heterocycles. The fraction of sp³-hybridized carbons (Fsp3) is 0.688. The standard InChI is InChI=1S/C32H44F2N8O6S/c1-18(2)26(35-20-7-5-4-6-8-20)30(44)41-17-21(42-38-28(37-40-42)19-9-11-22(48-3)12-10-19)15-25(41)29(43)36-32(16-24(32)27(33)34)31(45)39-49(46,47)23-13-14-23/h9-12,18,20-21,23-27,35H,4-8,13-17H2,1-3H3,(H,36,43)(H,39,45)/t21-,24+,25?,26+,32-/m1/s1. The molecule has 4 aliphatic rings. The van der Waals surface area contributed by atoms with Gasteiger partial charge in [0.15, 0.2) is 0 Å². The highest BCUT2D eigenvalue weighted by Crippen LogP contribution is 2.48. The molecule has 268 valence electrons. The van der Waals surface area contributed by atoms with Gasteiger partial charge in [-0.2, -0.15) is 4.80 Å². The molecule has 0 bridgehead atoms. The average molecular weight is 707 g/mol. The second-order valence-electron chi connectivity index (χ2n) is 14.1. The molecule has 49 heavy (non-hydrogen) atoms. The molecule has 0 radical (unpaired) electrons. The van der Waals surface area contributed by atoms with Crippen molar-refractivity contribution in [2.24, 2.45) is 11.8 Å². The average Bonchev–Trinajstić information content (AvgIpc) is 3.97. The van der Waals surface area contributed by atoms with Crippen molar-refractivity contribution in [3.8, 4) is 17.1 Å². The number of benzene rings is 1. The Hall–Kier alpha value is -3.73. The second kappa shape index (κ2) is 13.9. The van der Waals surface area contributed by atoms with Crippen molar-refractivity contribution in [2.75, 3.05) is 13.7 Å². The van der Waals surface area contributed by atoms with Gasteiger partial charge in [0.05, 0.1) is 30.4 Å². The third-order valence-corrected chi connectivity index (χ3v) is 12.0. The maximum Gasteiger partial charge on any atom is 0.259 e. The number of carbonyl (C=O) groups is 3.